The van der Waals surface area contributed by atoms with Crippen molar-refractivity contribution in [3.05, 3.63) is 77.5 Å². The second kappa shape index (κ2) is 11.4. The summed E-state index contributed by atoms with van der Waals surface area (Å²) in [5.74, 6) is 0. The first kappa shape index (κ1) is 25.6. The van der Waals surface area contributed by atoms with Gasteiger partial charge < -0.3 is 15.5 Å². The van der Waals surface area contributed by atoms with Crippen LogP contribution in [0.25, 0.3) is 27.9 Å². The van der Waals surface area contributed by atoms with Gasteiger partial charge >= 0.3 is 0 Å². The van der Waals surface area contributed by atoms with E-state index in [0.717, 1.165) is 76.5 Å². The Labute approximate surface area is 209 Å². The number of unbranched alkanes of at least 4 members (excludes halogenated alkanes) is 1. The zero-order chi connectivity index (χ0) is 24.8. The molecule has 1 aromatic heterocycles. The minimum absolute atomic E-state index is 0.682. The molecular formula is C29H37ClN4. The number of halogens is 1. The Morgan fingerprint density at radius 3 is 2.21 bits per heavy atom. The summed E-state index contributed by atoms with van der Waals surface area (Å²) in [6, 6.07) is 14.1. The highest BCUT2D eigenvalue weighted by Gasteiger charge is 2.19. The lowest BCUT2D eigenvalue weighted by Gasteiger charge is -2.38. The molecule has 0 unspecified atom stereocenters. The van der Waals surface area contributed by atoms with Crippen LogP contribution in [0.2, 0.25) is 5.02 Å². The highest BCUT2D eigenvalue weighted by atomic mass is 35.5. The van der Waals surface area contributed by atoms with E-state index in [2.05, 4.69) is 55.9 Å². The number of nitrogens with zero attached hydrogens (tertiary/aromatic N) is 3. The first-order valence-corrected chi connectivity index (χ1v) is 12.4. The van der Waals surface area contributed by atoms with Gasteiger partial charge in [0.15, 0.2) is 0 Å². The molecule has 0 aliphatic carbocycles. The van der Waals surface area contributed by atoms with Gasteiger partial charge in [0.1, 0.15) is 0 Å². The number of pyridine rings is 1. The van der Waals surface area contributed by atoms with Crippen LogP contribution >= 0.6 is 11.6 Å². The van der Waals surface area contributed by atoms with E-state index in [1.54, 1.807) is 0 Å². The van der Waals surface area contributed by atoms with E-state index in [4.69, 9.17) is 22.3 Å². The van der Waals surface area contributed by atoms with Gasteiger partial charge in [-0.2, -0.15) is 0 Å². The lowest BCUT2D eigenvalue weighted by Crippen LogP contribution is -2.44. The van der Waals surface area contributed by atoms with Gasteiger partial charge in [-0.15, -0.1) is 0 Å². The van der Waals surface area contributed by atoms with Crippen molar-refractivity contribution in [3.8, 4) is 11.3 Å². The van der Waals surface area contributed by atoms with E-state index in [-0.39, 0.29) is 0 Å². The molecule has 180 valence electrons. The Morgan fingerprint density at radius 2 is 1.62 bits per heavy atom. The molecule has 0 atom stereocenters. The normalized spacial score (nSPS) is 13.4. The molecule has 2 N–H and O–H groups in total. The van der Waals surface area contributed by atoms with E-state index in [0.29, 0.717) is 5.02 Å². The van der Waals surface area contributed by atoms with E-state index >= 15 is 0 Å². The van der Waals surface area contributed by atoms with Crippen molar-refractivity contribution < 1.29 is 0 Å². The standard InChI is InChI=1S/C25H27ClN4.C4H10/c1-16(2)29-9-11-30(12-10-29)18(4)19-7-8-21-22(26)15-24(28-25(21)14-19)20-6-5-17(3)23(27)13-20;1-3-4-2/h5-8,13-15H,1,4,9-12,27H2,2-3H3;3-4H2,1-2H3. The van der Waals surface area contributed by atoms with Gasteiger partial charge in [0.05, 0.1) is 16.2 Å². The number of piperazine rings is 1. The number of nitrogens with two attached hydrogens (primary N) is 1. The van der Waals surface area contributed by atoms with Crippen LogP contribution in [0.4, 0.5) is 5.69 Å². The molecule has 4 rings (SSSR count). The molecule has 0 spiro atoms. The first-order chi connectivity index (χ1) is 16.2. The van der Waals surface area contributed by atoms with Crippen LogP contribution in [0, 0.1) is 6.92 Å². The molecule has 3 aromatic rings. The smallest absolute Gasteiger partial charge is 0.0731 e. The molecule has 1 saturated heterocycles. The predicted molar refractivity (Wildman–Crippen MR) is 149 cm³/mol. The summed E-state index contributed by atoms with van der Waals surface area (Å²) in [5, 5.41) is 1.62. The number of aromatic nitrogens is 1. The lowest BCUT2D eigenvalue weighted by atomic mass is 10.0. The van der Waals surface area contributed by atoms with Gasteiger partial charge in [-0.25, -0.2) is 4.98 Å². The van der Waals surface area contributed by atoms with E-state index < -0.39 is 0 Å². The van der Waals surface area contributed by atoms with Gasteiger partial charge in [-0.3, -0.25) is 0 Å². The molecule has 2 heterocycles. The molecule has 5 heteroatoms. The van der Waals surface area contributed by atoms with E-state index in [1.165, 1.54) is 12.8 Å². The maximum atomic E-state index is 6.59. The Hall–Kier alpha value is -2.98. The zero-order valence-corrected chi connectivity index (χ0v) is 21.8. The third-order valence-electron chi connectivity index (χ3n) is 6.37. The average Bonchev–Trinajstić information content (AvgIpc) is 2.85. The van der Waals surface area contributed by atoms with Gasteiger partial charge in [0, 0.05) is 54.2 Å². The van der Waals surface area contributed by atoms with E-state index in [1.807, 2.05) is 37.3 Å². The van der Waals surface area contributed by atoms with Crippen molar-refractivity contribution >= 4 is 33.9 Å². The number of anilines is 1. The van der Waals surface area contributed by atoms with Crippen LogP contribution in [0.3, 0.4) is 0 Å². The lowest BCUT2D eigenvalue weighted by molar-refractivity contribution is 0.215. The number of allylic oxidation sites excluding steroid dienone is 1. The molecule has 1 fully saturated rings. The second-order valence-electron chi connectivity index (χ2n) is 8.95. The zero-order valence-electron chi connectivity index (χ0n) is 21.0. The highest BCUT2D eigenvalue weighted by molar-refractivity contribution is 6.35. The predicted octanol–water partition coefficient (Wildman–Crippen LogP) is 7.37. The minimum atomic E-state index is 0.682. The Balaban J connectivity index is 0.000000751. The number of hydrogen-bond donors (Lipinski definition) is 1. The summed E-state index contributed by atoms with van der Waals surface area (Å²) in [6.07, 6.45) is 2.64. The Kier molecular flexibility index (Phi) is 8.62. The van der Waals surface area contributed by atoms with Crippen molar-refractivity contribution in [1.82, 2.24) is 14.8 Å². The van der Waals surface area contributed by atoms with Crippen molar-refractivity contribution in [2.24, 2.45) is 0 Å². The molecule has 0 bridgehead atoms. The maximum absolute atomic E-state index is 6.59. The molecule has 34 heavy (non-hydrogen) atoms. The topological polar surface area (TPSA) is 45.4 Å². The minimum Gasteiger partial charge on any atom is -0.398 e. The fraction of sp³-hybridized carbons (Fsp3) is 0.345. The number of rotatable bonds is 5. The summed E-state index contributed by atoms with van der Waals surface area (Å²) in [4.78, 5) is 9.52. The van der Waals surface area contributed by atoms with Crippen molar-refractivity contribution in [1.29, 1.82) is 0 Å². The Morgan fingerprint density at radius 1 is 0.971 bits per heavy atom. The quantitative estimate of drug-likeness (QED) is 0.390. The summed E-state index contributed by atoms with van der Waals surface area (Å²) in [7, 11) is 0. The van der Waals surface area contributed by atoms with Crippen LogP contribution in [0.15, 0.2) is 61.3 Å². The molecule has 1 aliphatic rings. The van der Waals surface area contributed by atoms with Crippen LogP contribution in [0.5, 0.6) is 0 Å². The summed E-state index contributed by atoms with van der Waals surface area (Å²) in [5.41, 5.74) is 13.7. The largest absolute Gasteiger partial charge is 0.398 e. The van der Waals surface area contributed by atoms with Crippen LogP contribution in [0.1, 0.15) is 44.7 Å². The molecule has 2 aromatic carbocycles. The van der Waals surface area contributed by atoms with Crippen molar-refractivity contribution in [3.63, 3.8) is 0 Å². The molecule has 0 radical (unpaired) electrons. The SMILES string of the molecule is C=C(C)N1CCN(C(=C)c2ccc3c(Cl)cc(-c4ccc(C)c(N)c4)nc3c2)CC1.CCCC. The molecule has 0 saturated carbocycles. The summed E-state index contributed by atoms with van der Waals surface area (Å²) < 4.78 is 0. The van der Waals surface area contributed by atoms with E-state index in [9.17, 15) is 0 Å². The van der Waals surface area contributed by atoms with Gasteiger partial charge in [0.2, 0.25) is 0 Å². The fourth-order valence-electron chi connectivity index (χ4n) is 3.85. The molecular weight excluding hydrogens is 440 g/mol. The molecule has 4 nitrogen and oxygen atoms in total. The molecule has 1 aliphatic heterocycles. The summed E-state index contributed by atoms with van der Waals surface area (Å²) in [6.45, 7) is 20.6. The van der Waals surface area contributed by atoms with Crippen LogP contribution in [-0.2, 0) is 0 Å². The number of aryl methyl sites for hydroxylation is 1. The molecule has 0 amide bonds. The highest BCUT2D eigenvalue weighted by Crippen LogP contribution is 2.31. The third-order valence-corrected chi connectivity index (χ3v) is 6.68. The van der Waals surface area contributed by atoms with Crippen LogP contribution in [-0.4, -0.2) is 41.0 Å². The van der Waals surface area contributed by atoms with Crippen molar-refractivity contribution in [2.75, 3.05) is 31.9 Å². The third kappa shape index (κ3) is 5.92. The van der Waals surface area contributed by atoms with Gasteiger partial charge in [-0.05, 0) is 43.2 Å². The number of benzene rings is 2. The first-order valence-electron chi connectivity index (χ1n) is 12.1. The van der Waals surface area contributed by atoms with Gasteiger partial charge in [0.25, 0.3) is 0 Å². The fourth-order valence-corrected chi connectivity index (χ4v) is 4.12. The monoisotopic (exact) mass is 476 g/mol. The number of hydrogen-bond acceptors (Lipinski definition) is 4. The number of nitrogen functional groups attached to an aromatic ring is 1. The summed E-state index contributed by atoms with van der Waals surface area (Å²) >= 11 is 6.59. The average molecular weight is 477 g/mol. The Bertz CT molecular complexity index is 1170. The van der Waals surface area contributed by atoms with Crippen LogP contribution < -0.4 is 5.73 Å². The maximum Gasteiger partial charge on any atom is 0.0731 e. The van der Waals surface area contributed by atoms with Gasteiger partial charge in [-0.1, -0.05) is 75.7 Å². The second-order valence-corrected chi connectivity index (χ2v) is 9.36. The number of fused-ring (bicyclic) bond motifs is 1. The van der Waals surface area contributed by atoms with Crippen molar-refractivity contribution in [2.45, 2.75) is 40.5 Å².